The number of fused-ring (bicyclic) bond motifs is 1. The Labute approximate surface area is 163 Å². The molecule has 150 valence electrons. The number of rotatable bonds is 7. The van der Waals surface area contributed by atoms with E-state index in [0.29, 0.717) is 23.4 Å². The lowest BCUT2D eigenvalue weighted by molar-refractivity contribution is -0.130. The van der Waals surface area contributed by atoms with Gasteiger partial charge >= 0.3 is 0 Å². The standard InChI is InChI=1S/C22H39O3P/c1-15(23)21(4,5)19(24-7)12-14-20(2,3)18-11-10-16-17(25-26)9-8-13-22(16,18)6/h12,14,16-19H,8-11,13,26H2,1-7H3/b14-12+/t16?,17?,18?,19?,22-/m0/s1. The molecule has 2 aliphatic rings. The molecule has 26 heavy (non-hydrogen) atoms. The molecule has 0 aromatic carbocycles. The van der Waals surface area contributed by atoms with Crippen molar-refractivity contribution >= 4 is 15.2 Å². The normalized spacial score (nSPS) is 34.1. The van der Waals surface area contributed by atoms with Crippen LogP contribution in [0.4, 0.5) is 0 Å². The van der Waals surface area contributed by atoms with Crippen molar-refractivity contribution in [1.29, 1.82) is 0 Å². The SMILES string of the molecule is COC(/C=C/C(C)(C)C1CCC2C(OP)CCC[C@@]21C)C(C)(C)C(C)=O. The molecule has 4 heteroatoms. The third kappa shape index (κ3) is 3.96. The molecule has 0 aromatic heterocycles. The van der Waals surface area contributed by atoms with Gasteiger partial charge in [-0.25, -0.2) is 0 Å². The highest BCUT2D eigenvalue weighted by Gasteiger charge is 2.55. The van der Waals surface area contributed by atoms with Crippen LogP contribution in [0.5, 0.6) is 0 Å². The molecule has 2 rings (SSSR count). The highest BCUT2D eigenvalue weighted by atomic mass is 31.0. The van der Waals surface area contributed by atoms with E-state index in [0.717, 1.165) is 0 Å². The number of Topliss-reactive ketones (excluding diaryl/α,β-unsaturated/α-hetero) is 1. The molecular weight excluding hydrogens is 343 g/mol. The summed E-state index contributed by atoms with van der Waals surface area (Å²) in [6.07, 6.45) is 10.9. The van der Waals surface area contributed by atoms with Crippen LogP contribution in [0.25, 0.3) is 0 Å². The van der Waals surface area contributed by atoms with Gasteiger partial charge in [0, 0.05) is 16.6 Å². The van der Waals surface area contributed by atoms with E-state index in [1.54, 1.807) is 14.0 Å². The van der Waals surface area contributed by atoms with E-state index in [2.05, 4.69) is 42.4 Å². The molecule has 0 amide bonds. The van der Waals surface area contributed by atoms with Crippen molar-refractivity contribution in [3.8, 4) is 0 Å². The Balaban J connectivity index is 2.23. The number of carbonyl (C=O) groups is 1. The maximum absolute atomic E-state index is 12.0. The number of carbonyl (C=O) groups excluding carboxylic acids is 1. The van der Waals surface area contributed by atoms with Crippen LogP contribution in [0.3, 0.4) is 0 Å². The smallest absolute Gasteiger partial charge is 0.138 e. The van der Waals surface area contributed by atoms with E-state index < -0.39 is 5.41 Å². The molecular formula is C22H39O3P. The molecule has 2 aliphatic carbocycles. The molecule has 0 spiro atoms. The second-order valence-corrected chi connectivity index (χ2v) is 10.2. The van der Waals surface area contributed by atoms with Gasteiger partial charge in [0.15, 0.2) is 0 Å². The summed E-state index contributed by atoms with van der Waals surface area (Å²) in [4.78, 5) is 12.0. The zero-order chi connectivity index (χ0) is 19.8. The fourth-order valence-electron chi connectivity index (χ4n) is 5.77. The molecule has 6 atom stereocenters. The molecule has 3 nitrogen and oxygen atoms in total. The van der Waals surface area contributed by atoms with Crippen LogP contribution in [-0.2, 0) is 14.1 Å². The van der Waals surface area contributed by atoms with Gasteiger partial charge in [-0.05, 0) is 55.3 Å². The molecule has 0 aliphatic heterocycles. The summed E-state index contributed by atoms with van der Waals surface area (Å²) in [6.45, 7) is 12.8. The van der Waals surface area contributed by atoms with Crippen LogP contribution < -0.4 is 0 Å². The number of hydrogen-bond donors (Lipinski definition) is 0. The molecule has 5 unspecified atom stereocenters. The van der Waals surface area contributed by atoms with Crippen molar-refractivity contribution in [3.63, 3.8) is 0 Å². The Morgan fingerprint density at radius 1 is 1.23 bits per heavy atom. The second-order valence-electron chi connectivity index (χ2n) is 9.92. The highest BCUT2D eigenvalue weighted by molar-refractivity contribution is 7.09. The van der Waals surface area contributed by atoms with Gasteiger partial charge in [-0.3, -0.25) is 4.79 Å². The molecule has 0 radical (unpaired) electrons. The predicted molar refractivity (Wildman–Crippen MR) is 111 cm³/mol. The largest absolute Gasteiger partial charge is 0.376 e. The average molecular weight is 383 g/mol. The summed E-state index contributed by atoms with van der Waals surface area (Å²) in [5.74, 6) is 1.43. The van der Waals surface area contributed by atoms with Crippen molar-refractivity contribution in [2.45, 2.75) is 85.9 Å². The first kappa shape index (κ1) is 22.1. The fraction of sp³-hybridized carbons (Fsp3) is 0.864. The van der Waals surface area contributed by atoms with Crippen molar-refractivity contribution in [3.05, 3.63) is 12.2 Å². The van der Waals surface area contributed by atoms with Gasteiger partial charge < -0.3 is 9.26 Å². The summed E-state index contributed by atoms with van der Waals surface area (Å²) in [7, 11) is 4.19. The average Bonchev–Trinajstić information content (AvgIpc) is 2.92. The maximum atomic E-state index is 12.0. The third-order valence-corrected chi connectivity index (χ3v) is 8.06. The van der Waals surface area contributed by atoms with E-state index in [1.807, 2.05) is 13.8 Å². The van der Waals surface area contributed by atoms with Crippen LogP contribution in [0.2, 0.25) is 0 Å². The Hall–Kier alpha value is -0.240. The lowest BCUT2D eigenvalue weighted by Crippen LogP contribution is -2.44. The lowest BCUT2D eigenvalue weighted by atomic mass is 9.58. The second kappa shape index (κ2) is 8.02. The van der Waals surface area contributed by atoms with Crippen LogP contribution >= 0.6 is 9.47 Å². The maximum Gasteiger partial charge on any atom is 0.138 e. The molecule has 2 fully saturated rings. The lowest BCUT2D eigenvalue weighted by Gasteiger charge is -2.48. The Bertz CT molecular complexity index is 540. The van der Waals surface area contributed by atoms with Crippen molar-refractivity contribution in [2.24, 2.45) is 28.1 Å². The zero-order valence-corrected chi connectivity index (χ0v) is 19.0. The fourth-order valence-corrected chi connectivity index (χ4v) is 6.10. The van der Waals surface area contributed by atoms with Crippen molar-refractivity contribution < 1.29 is 14.1 Å². The van der Waals surface area contributed by atoms with Crippen molar-refractivity contribution in [2.75, 3.05) is 7.11 Å². The monoisotopic (exact) mass is 382 g/mol. The minimum Gasteiger partial charge on any atom is -0.376 e. The van der Waals surface area contributed by atoms with Crippen LogP contribution in [0, 0.1) is 28.1 Å². The minimum atomic E-state index is -0.507. The van der Waals surface area contributed by atoms with Gasteiger partial charge in [-0.2, -0.15) is 0 Å². The molecule has 0 saturated heterocycles. The van der Waals surface area contributed by atoms with Gasteiger partial charge in [0.2, 0.25) is 0 Å². The van der Waals surface area contributed by atoms with Gasteiger partial charge in [0.1, 0.15) is 5.78 Å². The van der Waals surface area contributed by atoms with E-state index in [1.165, 1.54) is 32.1 Å². The first-order valence-corrected chi connectivity index (χ1v) is 10.6. The summed E-state index contributed by atoms with van der Waals surface area (Å²) in [5.41, 5.74) is -0.117. The number of ether oxygens (including phenoxy) is 1. The van der Waals surface area contributed by atoms with E-state index in [4.69, 9.17) is 9.26 Å². The summed E-state index contributed by atoms with van der Waals surface area (Å²) in [6, 6.07) is 0. The highest BCUT2D eigenvalue weighted by Crippen LogP contribution is 2.61. The zero-order valence-electron chi connectivity index (χ0n) is 17.8. The minimum absolute atomic E-state index is 0.0654. The quantitative estimate of drug-likeness (QED) is 0.425. The van der Waals surface area contributed by atoms with E-state index in [9.17, 15) is 4.79 Å². The number of methoxy groups -OCH3 is 1. The summed E-state index contributed by atoms with van der Waals surface area (Å²) >= 11 is 0. The number of hydrogen-bond acceptors (Lipinski definition) is 3. The molecule has 0 aromatic rings. The Morgan fingerprint density at radius 3 is 2.42 bits per heavy atom. The number of allylic oxidation sites excluding steroid dienone is 1. The molecule has 0 bridgehead atoms. The van der Waals surface area contributed by atoms with Gasteiger partial charge in [-0.15, -0.1) is 0 Å². The summed E-state index contributed by atoms with van der Waals surface area (Å²) in [5, 5.41) is 0. The summed E-state index contributed by atoms with van der Waals surface area (Å²) < 4.78 is 11.4. The Morgan fingerprint density at radius 2 is 1.88 bits per heavy atom. The van der Waals surface area contributed by atoms with Gasteiger partial charge in [0.05, 0.1) is 17.6 Å². The van der Waals surface area contributed by atoms with Gasteiger partial charge in [0.25, 0.3) is 0 Å². The van der Waals surface area contributed by atoms with Crippen LogP contribution in [0.15, 0.2) is 12.2 Å². The van der Waals surface area contributed by atoms with E-state index >= 15 is 0 Å². The first-order valence-electron chi connectivity index (χ1n) is 10.1. The number of ketones is 1. The first-order chi connectivity index (χ1) is 12.0. The topological polar surface area (TPSA) is 35.5 Å². The van der Waals surface area contributed by atoms with Gasteiger partial charge in [-0.1, -0.05) is 53.2 Å². The van der Waals surface area contributed by atoms with Crippen LogP contribution in [0.1, 0.15) is 73.6 Å². The molecule has 0 N–H and O–H groups in total. The molecule has 0 heterocycles. The third-order valence-electron chi connectivity index (χ3n) is 7.71. The van der Waals surface area contributed by atoms with E-state index in [-0.39, 0.29) is 17.3 Å². The molecule has 2 saturated carbocycles. The van der Waals surface area contributed by atoms with Crippen molar-refractivity contribution in [1.82, 2.24) is 0 Å². The predicted octanol–water partition coefficient (Wildman–Crippen LogP) is 5.59. The Kier molecular flexibility index (Phi) is 6.80. The van der Waals surface area contributed by atoms with Crippen LogP contribution in [-0.4, -0.2) is 25.1 Å².